The second kappa shape index (κ2) is 7.69. The number of hydrogen-bond donors (Lipinski definition) is 1. The van der Waals surface area contributed by atoms with Crippen LogP contribution in [0.25, 0.3) is 0 Å². The molecule has 0 radical (unpaired) electrons. The molecule has 0 aliphatic heterocycles. The smallest absolute Gasteiger partial charge is 0.0183 e. The van der Waals surface area contributed by atoms with E-state index in [1.54, 1.807) is 0 Å². The summed E-state index contributed by atoms with van der Waals surface area (Å²) in [7, 11) is 0. The van der Waals surface area contributed by atoms with Gasteiger partial charge >= 0.3 is 0 Å². The molecule has 0 bridgehead atoms. The Labute approximate surface area is 139 Å². The fourth-order valence-electron chi connectivity index (χ4n) is 5.02. The van der Waals surface area contributed by atoms with Gasteiger partial charge in [0.2, 0.25) is 0 Å². The van der Waals surface area contributed by atoms with Crippen molar-refractivity contribution in [1.82, 2.24) is 0 Å². The van der Waals surface area contributed by atoms with Gasteiger partial charge in [0.15, 0.2) is 0 Å². The minimum Gasteiger partial charge on any atom is -0.325 e. The van der Waals surface area contributed by atoms with E-state index in [-0.39, 0.29) is 5.54 Å². The second-order valence-electron chi connectivity index (χ2n) is 9.46. The van der Waals surface area contributed by atoms with Crippen molar-refractivity contribution < 1.29 is 0 Å². The maximum Gasteiger partial charge on any atom is 0.0183 e. The van der Waals surface area contributed by atoms with Crippen LogP contribution in [-0.4, -0.2) is 5.54 Å². The maximum absolute atomic E-state index is 7.02. The summed E-state index contributed by atoms with van der Waals surface area (Å²) in [6.07, 6.45) is 16.5. The van der Waals surface area contributed by atoms with E-state index >= 15 is 0 Å². The molecule has 130 valence electrons. The summed E-state index contributed by atoms with van der Waals surface area (Å²) in [5, 5.41) is 0. The molecule has 0 amide bonds. The third-order valence-electron chi connectivity index (χ3n) is 7.29. The summed E-state index contributed by atoms with van der Waals surface area (Å²) in [5.41, 5.74) is 7.68. The van der Waals surface area contributed by atoms with Gasteiger partial charge in [0.05, 0.1) is 0 Å². The quantitative estimate of drug-likeness (QED) is 0.605. The molecule has 2 N–H and O–H groups in total. The molecule has 0 aromatic heterocycles. The summed E-state index contributed by atoms with van der Waals surface area (Å²) >= 11 is 0. The van der Waals surface area contributed by atoms with Gasteiger partial charge in [-0.3, -0.25) is 0 Å². The molecule has 0 spiro atoms. The lowest BCUT2D eigenvalue weighted by molar-refractivity contribution is 0.193. The molecule has 2 saturated carbocycles. The highest BCUT2D eigenvalue weighted by molar-refractivity contribution is 4.96. The zero-order chi connectivity index (χ0) is 16.2. The minimum absolute atomic E-state index is 0.156. The van der Waals surface area contributed by atoms with Gasteiger partial charge in [0, 0.05) is 5.54 Å². The van der Waals surface area contributed by atoms with Gasteiger partial charge in [0.1, 0.15) is 0 Å². The molecule has 0 heterocycles. The Bertz CT molecular complexity index is 327. The Balaban J connectivity index is 2.00. The molecule has 3 atom stereocenters. The van der Waals surface area contributed by atoms with Crippen LogP contribution >= 0.6 is 0 Å². The van der Waals surface area contributed by atoms with Crippen molar-refractivity contribution in [1.29, 1.82) is 0 Å². The topological polar surface area (TPSA) is 26.0 Å². The van der Waals surface area contributed by atoms with Crippen LogP contribution in [-0.2, 0) is 0 Å². The van der Waals surface area contributed by atoms with Gasteiger partial charge in [-0.1, -0.05) is 59.8 Å². The van der Waals surface area contributed by atoms with E-state index in [0.29, 0.717) is 5.41 Å². The molecular formula is C21H41N. The van der Waals surface area contributed by atoms with Crippen LogP contribution in [0.3, 0.4) is 0 Å². The molecule has 1 nitrogen and oxygen atoms in total. The lowest BCUT2D eigenvalue weighted by Crippen LogP contribution is -2.46. The minimum atomic E-state index is 0.156. The average Bonchev–Trinajstić information content (AvgIpc) is 2.84. The van der Waals surface area contributed by atoms with E-state index in [2.05, 4.69) is 27.7 Å². The third kappa shape index (κ3) is 4.73. The maximum atomic E-state index is 7.02. The molecule has 22 heavy (non-hydrogen) atoms. The van der Waals surface area contributed by atoms with Crippen molar-refractivity contribution in [2.45, 2.75) is 110 Å². The van der Waals surface area contributed by atoms with Gasteiger partial charge < -0.3 is 5.73 Å². The molecule has 2 aliphatic rings. The van der Waals surface area contributed by atoms with E-state index in [4.69, 9.17) is 5.73 Å². The predicted octanol–water partition coefficient (Wildman–Crippen LogP) is 6.31. The molecule has 0 aromatic rings. The summed E-state index contributed by atoms with van der Waals surface area (Å²) in [6, 6.07) is 0. The second-order valence-corrected chi connectivity index (χ2v) is 9.46. The Kier molecular flexibility index (Phi) is 6.39. The SMILES string of the molecule is CCC(C)(C)CC1CC[C@](N)(C2CCCCCC2)CCC1C. The van der Waals surface area contributed by atoms with Gasteiger partial charge in [-0.25, -0.2) is 0 Å². The normalized spacial score (nSPS) is 35.9. The molecule has 0 aromatic carbocycles. The van der Waals surface area contributed by atoms with Crippen LogP contribution in [0, 0.1) is 23.2 Å². The fraction of sp³-hybridized carbons (Fsp3) is 1.00. The predicted molar refractivity (Wildman–Crippen MR) is 97.9 cm³/mol. The molecule has 2 aliphatic carbocycles. The number of nitrogens with two attached hydrogens (primary N) is 1. The standard InChI is InChI=1S/C21H41N/c1-5-20(3,4)16-18-13-15-21(22,14-12-17(18)2)19-10-8-6-7-9-11-19/h17-19H,5-16,22H2,1-4H3/t17?,18?,21-/m0/s1. The van der Waals surface area contributed by atoms with Crippen LogP contribution in [0.5, 0.6) is 0 Å². The molecule has 2 rings (SSSR count). The lowest BCUT2D eigenvalue weighted by atomic mass is 9.73. The zero-order valence-corrected chi connectivity index (χ0v) is 15.8. The summed E-state index contributed by atoms with van der Waals surface area (Å²) in [5.74, 6) is 2.56. The Hall–Kier alpha value is -0.0400. The first-order valence-corrected chi connectivity index (χ1v) is 10.2. The van der Waals surface area contributed by atoms with E-state index in [1.165, 1.54) is 77.0 Å². The summed E-state index contributed by atoms with van der Waals surface area (Å²) in [6.45, 7) is 9.74. The highest BCUT2D eigenvalue weighted by Crippen LogP contribution is 2.44. The largest absolute Gasteiger partial charge is 0.325 e. The van der Waals surface area contributed by atoms with Crippen LogP contribution < -0.4 is 5.73 Å². The molecule has 0 saturated heterocycles. The van der Waals surface area contributed by atoms with Crippen LogP contribution in [0.4, 0.5) is 0 Å². The molecule has 2 unspecified atom stereocenters. The van der Waals surface area contributed by atoms with E-state index < -0.39 is 0 Å². The Morgan fingerprint density at radius 1 is 0.955 bits per heavy atom. The number of hydrogen-bond acceptors (Lipinski definition) is 1. The van der Waals surface area contributed by atoms with Crippen molar-refractivity contribution in [3.05, 3.63) is 0 Å². The van der Waals surface area contributed by atoms with Crippen LogP contribution in [0.2, 0.25) is 0 Å². The molecule has 1 heteroatoms. The molecule has 2 fully saturated rings. The first kappa shape index (κ1) is 18.3. The lowest BCUT2D eigenvalue weighted by Gasteiger charge is -2.37. The third-order valence-corrected chi connectivity index (χ3v) is 7.29. The van der Waals surface area contributed by atoms with Crippen molar-refractivity contribution in [2.24, 2.45) is 28.9 Å². The fourth-order valence-corrected chi connectivity index (χ4v) is 5.02. The van der Waals surface area contributed by atoms with Gasteiger partial charge in [-0.2, -0.15) is 0 Å². The van der Waals surface area contributed by atoms with Crippen molar-refractivity contribution in [3.8, 4) is 0 Å². The Morgan fingerprint density at radius 3 is 2.14 bits per heavy atom. The Morgan fingerprint density at radius 2 is 1.55 bits per heavy atom. The first-order chi connectivity index (χ1) is 10.4. The van der Waals surface area contributed by atoms with E-state index in [1.807, 2.05) is 0 Å². The monoisotopic (exact) mass is 307 g/mol. The van der Waals surface area contributed by atoms with E-state index in [9.17, 15) is 0 Å². The first-order valence-electron chi connectivity index (χ1n) is 10.2. The summed E-state index contributed by atoms with van der Waals surface area (Å²) < 4.78 is 0. The average molecular weight is 308 g/mol. The summed E-state index contributed by atoms with van der Waals surface area (Å²) in [4.78, 5) is 0. The van der Waals surface area contributed by atoms with Crippen molar-refractivity contribution in [3.63, 3.8) is 0 Å². The van der Waals surface area contributed by atoms with E-state index in [0.717, 1.165) is 17.8 Å². The van der Waals surface area contributed by atoms with Gasteiger partial charge in [0.25, 0.3) is 0 Å². The zero-order valence-electron chi connectivity index (χ0n) is 15.8. The van der Waals surface area contributed by atoms with Gasteiger partial charge in [-0.15, -0.1) is 0 Å². The molecular weight excluding hydrogens is 266 g/mol. The van der Waals surface area contributed by atoms with Crippen LogP contribution in [0.15, 0.2) is 0 Å². The number of rotatable bonds is 4. The van der Waals surface area contributed by atoms with Crippen LogP contribution in [0.1, 0.15) is 105 Å². The highest BCUT2D eigenvalue weighted by atomic mass is 14.8. The van der Waals surface area contributed by atoms with Gasteiger partial charge in [-0.05, 0) is 68.1 Å². The van der Waals surface area contributed by atoms with Crippen molar-refractivity contribution in [2.75, 3.05) is 0 Å². The van der Waals surface area contributed by atoms with Crippen molar-refractivity contribution >= 4 is 0 Å². The highest BCUT2D eigenvalue weighted by Gasteiger charge is 2.39.